The van der Waals surface area contributed by atoms with Gasteiger partial charge >= 0.3 is 0 Å². The van der Waals surface area contributed by atoms with Gasteiger partial charge in [0.2, 0.25) is 0 Å². The SMILES string of the molecule is CCCOCC(Cc1nccn1CC)NC. The van der Waals surface area contributed by atoms with Crippen LogP contribution < -0.4 is 5.32 Å². The van der Waals surface area contributed by atoms with Gasteiger partial charge in [-0.2, -0.15) is 0 Å². The summed E-state index contributed by atoms with van der Waals surface area (Å²) in [6.45, 7) is 6.81. The van der Waals surface area contributed by atoms with Crippen molar-refractivity contribution >= 4 is 0 Å². The molecule has 92 valence electrons. The van der Waals surface area contributed by atoms with Crippen LogP contribution in [0.1, 0.15) is 26.1 Å². The van der Waals surface area contributed by atoms with E-state index in [1.54, 1.807) is 0 Å². The molecule has 4 nitrogen and oxygen atoms in total. The molecule has 0 amide bonds. The van der Waals surface area contributed by atoms with Crippen LogP contribution in [0.25, 0.3) is 0 Å². The first-order valence-corrected chi connectivity index (χ1v) is 6.06. The van der Waals surface area contributed by atoms with Crippen molar-refractivity contribution in [1.29, 1.82) is 0 Å². The monoisotopic (exact) mass is 225 g/mol. The molecule has 1 aromatic rings. The van der Waals surface area contributed by atoms with Crippen molar-refractivity contribution in [1.82, 2.24) is 14.9 Å². The van der Waals surface area contributed by atoms with Crippen molar-refractivity contribution in [3.8, 4) is 0 Å². The van der Waals surface area contributed by atoms with Crippen LogP contribution in [0.3, 0.4) is 0 Å². The fraction of sp³-hybridized carbons (Fsp3) is 0.750. The molecule has 1 rings (SSSR count). The molecule has 1 unspecified atom stereocenters. The third-order valence-electron chi connectivity index (χ3n) is 2.65. The highest BCUT2D eigenvalue weighted by Crippen LogP contribution is 2.02. The Morgan fingerprint density at radius 1 is 1.50 bits per heavy atom. The molecular weight excluding hydrogens is 202 g/mol. The van der Waals surface area contributed by atoms with E-state index in [9.17, 15) is 0 Å². The topological polar surface area (TPSA) is 39.1 Å². The van der Waals surface area contributed by atoms with Gasteiger partial charge in [-0.05, 0) is 20.4 Å². The maximum atomic E-state index is 5.56. The van der Waals surface area contributed by atoms with Crippen molar-refractivity contribution in [2.24, 2.45) is 0 Å². The second kappa shape index (κ2) is 7.41. The maximum Gasteiger partial charge on any atom is 0.110 e. The zero-order valence-corrected chi connectivity index (χ0v) is 10.6. The summed E-state index contributed by atoms with van der Waals surface area (Å²) in [5, 5.41) is 3.27. The minimum Gasteiger partial charge on any atom is -0.380 e. The summed E-state index contributed by atoms with van der Waals surface area (Å²) in [6, 6.07) is 0.347. The maximum absolute atomic E-state index is 5.56. The minimum absolute atomic E-state index is 0.347. The molecule has 0 radical (unpaired) electrons. The van der Waals surface area contributed by atoms with E-state index in [-0.39, 0.29) is 0 Å². The number of imidazole rings is 1. The largest absolute Gasteiger partial charge is 0.380 e. The van der Waals surface area contributed by atoms with Crippen molar-refractivity contribution in [2.45, 2.75) is 39.3 Å². The summed E-state index contributed by atoms with van der Waals surface area (Å²) in [7, 11) is 1.97. The average molecular weight is 225 g/mol. The van der Waals surface area contributed by atoms with Gasteiger partial charge in [0.15, 0.2) is 0 Å². The predicted molar refractivity (Wildman–Crippen MR) is 65.6 cm³/mol. The number of hydrogen-bond acceptors (Lipinski definition) is 3. The number of nitrogens with zero attached hydrogens (tertiary/aromatic N) is 2. The van der Waals surface area contributed by atoms with E-state index in [0.29, 0.717) is 6.04 Å². The number of hydrogen-bond donors (Lipinski definition) is 1. The Morgan fingerprint density at radius 2 is 2.31 bits per heavy atom. The fourth-order valence-corrected chi connectivity index (χ4v) is 1.65. The molecule has 0 saturated carbocycles. The molecule has 0 aliphatic rings. The van der Waals surface area contributed by atoms with Gasteiger partial charge in [-0.25, -0.2) is 4.98 Å². The van der Waals surface area contributed by atoms with Crippen molar-refractivity contribution < 1.29 is 4.74 Å². The van der Waals surface area contributed by atoms with Crippen LogP contribution in [0, 0.1) is 0 Å². The van der Waals surface area contributed by atoms with Gasteiger partial charge in [-0.3, -0.25) is 0 Å². The molecule has 1 aromatic heterocycles. The molecule has 1 heterocycles. The zero-order valence-electron chi connectivity index (χ0n) is 10.6. The first-order valence-electron chi connectivity index (χ1n) is 6.06. The van der Waals surface area contributed by atoms with Crippen LogP contribution in [-0.2, 0) is 17.7 Å². The Bertz CT molecular complexity index is 286. The first-order chi connectivity index (χ1) is 7.81. The molecule has 4 heteroatoms. The van der Waals surface area contributed by atoms with Crippen LogP contribution in [0.15, 0.2) is 12.4 Å². The minimum atomic E-state index is 0.347. The van der Waals surface area contributed by atoms with E-state index in [2.05, 4.69) is 28.7 Å². The van der Waals surface area contributed by atoms with Gasteiger partial charge in [-0.1, -0.05) is 6.92 Å². The molecule has 1 atom stereocenters. The molecule has 0 saturated heterocycles. The highest BCUT2D eigenvalue weighted by molar-refractivity contribution is 4.95. The van der Waals surface area contributed by atoms with Crippen molar-refractivity contribution in [3.63, 3.8) is 0 Å². The lowest BCUT2D eigenvalue weighted by Gasteiger charge is -2.16. The molecule has 0 aliphatic heterocycles. The van der Waals surface area contributed by atoms with Crippen molar-refractivity contribution in [2.75, 3.05) is 20.3 Å². The van der Waals surface area contributed by atoms with Gasteiger partial charge in [0.05, 0.1) is 6.61 Å². The number of nitrogens with one attached hydrogen (secondary N) is 1. The fourth-order valence-electron chi connectivity index (χ4n) is 1.65. The molecule has 0 spiro atoms. The quantitative estimate of drug-likeness (QED) is 0.681. The summed E-state index contributed by atoms with van der Waals surface area (Å²) >= 11 is 0. The van der Waals surface area contributed by atoms with Crippen molar-refractivity contribution in [3.05, 3.63) is 18.2 Å². The molecule has 0 bridgehead atoms. The molecule has 0 aromatic carbocycles. The van der Waals surface area contributed by atoms with Gasteiger partial charge < -0.3 is 14.6 Å². The third kappa shape index (κ3) is 3.94. The average Bonchev–Trinajstić information content (AvgIpc) is 2.75. The third-order valence-corrected chi connectivity index (χ3v) is 2.65. The lowest BCUT2D eigenvalue weighted by atomic mass is 10.2. The molecule has 16 heavy (non-hydrogen) atoms. The second-order valence-electron chi connectivity index (χ2n) is 3.89. The standard InChI is InChI=1S/C12H23N3O/c1-4-8-16-10-11(13-3)9-12-14-6-7-15(12)5-2/h6-7,11,13H,4-5,8-10H2,1-3H3. The summed E-state index contributed by atoms with van der Waals surface area (Å²) in [4.78, 5) is 4.37. The Labute approximate surface area is 98.0 Å². The Balaban J connectivity index is 2.43. The van der Waals surface area contributed by atoms with Crippen LogP contribution in [-0.4, -0.2) is 35.9 Å². The van der Waals surface area contributed by atoms with E-state index >= 15 is 0 Å². The highest BCUT2D eigenvalue weighted by Gasteiger charge is 2.10. The van der Waals surface area contributed by atoms with Crippen LogP contribution in [0.4, 0.5) is 0 Å². The second-order valence-corrected chi connectivity index (χ2v) is 3.89. The van der Waals surface area contributed by atoms with E-state index < -0.39 is 0 Å². The van der Waals surface area contributed by atoms with E-state index in [4.69, 9.17) is 4.74 Å². The number of aromatic nitrogens is 2. The van der Waals surface area contributed by atoms with E-state index in [1.165, 1.54) is 0 Å². The summed E-state index contributed by atoms with van der Waals surface area (Å²) in [5.74, 6) is 1.13. The van der Waals surface area contributed by atoms with Gasteiger partial charge in [0.1, 0.15) is 5.82 Å². The van der Waals surface area contributed by atoms with Crippen LogP contribution >= 0.6 is 0 Å². The lowest BCUT2D eigenvalue weighted by molar-refractivity contribution is 0.113. The van der Waals surface area contributed by atoms with E-state index in [1.807, 2.05) is 19.4 Å². The summed E-state index contributed by atoms with van der Waals surface area (Å²) in [6.07, 6.45) is 5.87. The normalized spacial score (nSPS) is 12.9. The van der Waals surface area contributed by atoms with E-state index in [0.717, 1.165) is 38.4 Å². The smallest absolute Gasteiger partial charge is 0.110 e. The highest BCUT2D eigenvalue weighted by atomic mass is 16.5. The van der Waals surface area contributed by atoms with Crippen LogP contribution in [0.5, 0.6) is 0 Å². The molecule has 0 fully saturated rings. The summed E-state index contributed by atoms with van der Waals surface area (Å²) in [5.41, 5.74) is 0. The number of rotatable bonds is 8. The Morgan fingerprint density at radius 3 is 2.94 bits per heavy atom. The first kappa shape index (κ1) is 13.2. The predicted octanol–water partition coefficient (Wildman–Crippen LogP) is 1.46. The van der Waals surface area contributed by atoms with Crippen LogP contribution in [0.2, 0.25) is 0 Å². The summed E-state index contributed by atoms with van der Waals surface area (Å²) < 4.78 is 7.73. The molecular formula is C12H23N3O. The van der Waals surface area contributed by atoms with Gasteiger partial charge in [-0.15, -0.1) is 0 Å². The number of ether oxygens (including phenoxy) is 1. The lowest BCUT2D eigenvalue weighted by Crippen LogP contribution is -2.33. The Kier molecular flexibility index (Phi) is 6.11. The van der Waals surface area contributed by atoms with Gasteiger partial charge in [0.25, 0.3) is 0 Å². The van der Waals surface area contributed by atoms with Gasteiger partial charge in [0, 0.05) is 38.0 Å². The number of likely N-dealkylation sites (N-methyl/N-ethyl adjacent to an activating group) is 1. The zero-order chi connectivity index (χ0) is 11.8. The molecule has 1 N–H and O–H groups in total. The Hall–Kier alpha value is -0.870. The number of aryl methyl sites for hydroxylation is 1. The molecule has 0 aliphatic carbocycles.